The molecule has 6 heteroatoms. The summed E-state index contributed by atoms with van der Waals surface area (Å²) in [4.78, 5) is 16.2. The number of aromatic nitrogens is 1. The second kappa shape index (κ2) is 7.40. The van der Waals surface area contributed by atoms with Crippen molar-refractivity contribution in [3.05, 3.63) is 65.0 Å². The summed E-state index contributed by atoms with van der Waals surface area (Å²) in [5.74, 6) is 1.46. The van der Waals surface area contributed by atoms with E-state index < -0.39 is 0 Å². The van der Waals surface area contributed by atoms with Gasteiger partial charge in [0.2, 0.25) is 5.89 Å². The molecule has 0 amide bonds. The summed E-state index contributed by atoms with van der Waals surface area (Å²) in [6, 6.07) is 12.3. The Labute approximate surface area is 150 Å². The predicted octanol–water partition coefficient (Wildman–Crippen LogP) is 4.79. The lowest BCUT2D eigenvalue weighted by atomic mass is 10.1. The molecule has 1 aromatic heterocycles. The lowest BCUT2D eigenvalue weighted by Gasteiger charge is -2.10. The number of ether oxygens (including phenoxy) is 2. The molecule has 2 aromatic carbocycles. The summed E-state index contributed by atoms with van der Waals surface area (Å²) in [6.07, 6.45) is 1.53. The van der Waals surface area contributed by atoms with Crippen molar-refractivity contribution in [3.63, 3.8) is 0 Å². The number of hydrogen-bond acceptors (Lipinski definition) is 5. The smallest absolute Gasteiger partial charge is 0.226 e. The second-order valence-corrected chi connectivity index (χ2v) is 5.79. The predicted molar refractivity (Wildman–Crippen MR) is 94.3 cm³/mol. The van der Waals surface area contributed by atoms with Gasteiger partial charge in [0.25, 0.3) is 0 Å². The van der Waals surface area contributed by atoms with E-state index >= 15 is 0 Å². The molecule has 0 N–H and O–H groups in total. The lowest BCUT2D eigenvalue weighted by Crippen LogP contribution is -2.02. The first-order valence-electron chi connectivity index (χ1n) is 7.59. The van der Waals surface area contributed by atoms with Crippen LogP contribution in [0.5, 0.6) is 11.5 Å². The summed E-state index contributed by atoms with van der Waals surface area (Å²) < 4.78 is 16.3. The Bertz CT molecular complexity index is 887. The molecule has 0 saturated heterocycles. The number of methoxy groups -OCH3 is 1. The van der Waals surface area contributed by atoms with E-state index in [0.29, 0.717) is 33.7 Å². The topological polar surface area (TPSA) is 61.6 Å². The highest BCUT2D eigenvalue weighted by Crippen LogP contribution is 2.26. The number of carbonyl (C=O) groups excluding carboxylic acids is 1. The molecule has 3 rings (SSSR count). The third kappa shape index (κ3) is 4.00. The first kappa shape index (κ1) is 17.0. The monoisotopic (exact) mass is 357 g/mol. The molecule has 1 heterocycles. The van der Waals surface area contributed by atoms with Crippen LogP contribution >= 0.6 is 11.6 Å². The molecule has 3 aromatic rings. The molecule has 5 nitrogen and oxygen atoms in total. The largest absolute Gasteiger partial charge is 0.497 e. The Morgan fingerprint density at radius 1 is 1.20 bits per heavy atom. The molecule has 0 spiro atoms. The number of benzene rings is 2. The highest BCUT2D eigenvalue weighted by atomic mass is 35.5. The minimum Gasteiger partial charge on any atom is -0.497 e. The third-order valence-corrected chi connectivity index (χ3v) is 3.84. The van der Waals surface area contributed by atoms with Crippen LogP contribution in [-0.2, 0) is 6.61 Å². The third-order valence-electron chi connectivity index (χ3n) is 3.58. The Balaban J connectivity index is 1.74. The fraction of sp³-hybridized carbons (Fsp3) is 0.158. The van der Waals surface area contributed by atoms with E-state index in [4.69, 9.17) is 25.5 Å². The van der Waals surface area contributed by atoms with E-state index in [1.165, 1.54) is 13.2 Å². The zero-order chi connectivity index (χ0) is 17.8. The van der Waals surface area contributed by atoms with Crippen molar-refractivity contribution < 1.29 is 18.7 Å². The Kier molecular flexibility index (Phi) is 5.05. The van der Waals surface area contributed by atoms with Crippen LogP contribution in [0.3, 0.4) is 0 Å². The molecular formula is C19H16ClNO4. The van der Waals surface area contributed by atoms with Crippen molar-refractivity contribution in [1.82, 2.24) is 4.98 Å². The zero-order valence-corrected chi connectivity index (χ0v) is 14.5. The highest BCUT2D eigenvalue weighted by molar-refractivity contribution is 6.30. The van der Waals surface area contributed by atoms with Gasteiger partial charge in [-0.2, -0.15) is 0 Å². The van der Waals surface area contributed by atoms with E-state index in [9.17, 15) is 4.79 Å². The second-order valence-electron chi connectivity index (χ2n) is 5.36. The van der Waals surface area contributed by atoms with Crippen molar-refractivity contribution in [1.29, 1.82) is 0 Å². The van der Waals surface area contributed by atoms with Crippen LogP contribution in [0.4, 0.5) is 0 Å². The SMILES string of the molecule is COc1ccc(OCc2coc(-c3ccc(Cl)cc3)n2)c(C(C)=O)c1. The van der Waals surface area contributed by atoms with Gasteiger partial charge in [0.05, 0.1) is 12.7 Å². The van der Waals surface area contributed by atoms with Gasteiger partial charge in [-0.05, 0) is 49.4 Å². The molecule has 0 atom stereocenters. The summed E-state index contributed by atoms with van der Waals surface area (Å²) in [5.41, 5.74) is 1.90. The molecule has 0 bridgehead atoms. The maximum absolute atomic E-state index is 11.8. The van der Waals surface area contributed by atoms with Crippen LogP contribution in [0.15, 0.2) is 53.1 Å². The van der Waals surface area contributed by atoms with Gasteiger partial charge in [-0.25, -0.2) is 4.98 Å². The van der Waals surface area contributed by atoms with Crippen molar-refractivity contribution in [2.75, 3.05) is 7.11 Å². The molecule has 0 unspecified atom stereocenters. The number of halogens is 1. The molecule has 0 radical (unpaired) electrons. The average Bonchev–Trinajstić information content (AvgIpc) is 3.09. The van der Waals surface area contributed by atoms with Gasteiger partial charge in [-0.1, -0.05) is 11.6 Å². The lowest BCUT2D eigenvalue weighted by molar-refractivity contribution is 0.101. The standard InChI is InChI=1S/C19H16ClNO4/c1-12(22)17-9-16(23-2)7-8-18(17)24-10-15-11-25-19(21-15)13-3-5-14(20)6-4-13/h3-9,11H,10H2,1-2H3. The van der Waals surface area contributed by atoms with Gasteiger partial charge in [0.1, 0.15) is 30.1 Å². The summed E-state index contributed by atoms with van der Waals surface area (Å²) in [5, 5.41) is 0.648. The molecule has 0 fully saturated rings. The fourth-order valence-electron chi connectivity index (χ4n) is 2.29. The van der Waals surface area contributed by atoms with E-state index in [0.717, 1.165) is 5.56 Å². The highest BCUT2D eigenvalue weighted by Gasteiger charge is 2.12. The van der Waals surface area contributed by atoms with Crippen molar-refractivity contribution >= 4 is 17.4 Å². The summed E-state index contributed by atoms with van der Waals surface area (Å²) in [6.45, 7) is 1.67. The number of carbonyl (C=O) groups is 1. The van der Waals surface area contributed by atoms with Crippen LogP contribution in [0.1, 0.15) is 23.0 Å². The van der Waals surface area contributed by atoms with Crippen LogP contribution in [0, 0.1) is 0 Å². The number of ketones is 1. The van der Waals surface area contributed by atoms with Gasteiger partial charge >= 0.3 is 0 Å². The van der Waals surface area contributed by atoms with E-state index in [1.807, 2.05) is 12.1 Å². The van der Waals surface area contributed by atoms with Gasteiger partial charge in [-0.15, -0.1) is 0 Å². The normalized spacial score (nSPS) is 10.5. The number of oxazole rings is 1. The first-order chi connectivity index (χ1) is 12.1. The quantitative estimate of drug-likeness (QED) is 0.594. The maximum Gasteiger partial charge on any atom is 0.226 e. The molecule has 128 valence electrons. The molecule has 0 aliphatic rings. The zero-order valence-electron chi connectivity index (χ0n) is 13.8. The summed E-state index contributed by atoms with van der Waals surface area (Å²) >= 11 is 5.88. The van der Waals surface area contributed by atoms with E-state index in [1.54, 1.807) is 37.4 Å². The van der Waals surface area contributed by atoms with Crippen molar-refractivity contribution in [2.24, 2.45) is 0 Å². The first-order valence-corrected chi connectivity index (χ1v) is 7.96. The Hall–Kier alpha value is -2.79. The minimum atomic E-state index is -0.101. The number of hydrogen-bond donors (Lipinski definition) is 0. The summed E-state index contributed by atoms with van der Waals surface area (Å²) in [7, 11) is 1.55. The van der Waals surface area contributed by atoms with Crippen LogP contribution in [0.25, 0.3) is 11.5 Å². The van der Waals surface area contributed by atoms with E-state index in [-0.39, 0.29) is 12.4 Å². The van der Waals surface area contributed by atoms with E-state index in [2.05, 4.69) is 4.98 Å². The van der Waals surface area contributed by atoms with Crippen molar-refractivity contribution in [3.8, 4) is 23.0 Å². The molecule has 0 aliphatic heterocycles. The molecule has 0 aliphatic carbocycles. The van der Waals surface area contributed by atoms with Gasteiger partial charge < -0.3 is 13.9 Å². The maximum atomic E-state index is 11.8. The average molecular weight is 358 g/mol. The number of rotatable bonds is 6. The fourth-order valence-corrected chi connectivity index (χ4v) is 2.41. The molecule has 0 saturated carbocycles. The van der Waals surface area contributed by atoms with Gasteiger partial charge in [0.15, 0.2) is 5.78 Å². The van der Waals surface area contributed by atoms with Gasteiger partial charge in [0, 0.05) is 10.6 Å². The Morgan fingerprint density at radius 3 is 2.64 bits per heavy atom. The van der Waals surface area contributed by atoms with Crippen LogP contribution in [-0.4, -0.2) is 17.9 Å². The molecular weight excluding hydrogens is 342 g/mol. The number of nitrogens with zero attached hydrogens (tertiary/aromatic N) is 1. The van der Waals surface area contributed by atoms with Crippen LogP contribution in [0.2, 0.25) is 5.02 Å². The van der Waals surface area contributed by atoms with Crippen LogP contribution < -0.4 is 9.47 Å². The van der Waals surface area contributed by atoms with Gasteiger partial charge in [-0.3, -0.25) is 4.79 Å². The number of Topliss-reactive ketones (excluding diaryl/α,β-unsaturated/α-hetero) is 1. The van der Waals surface area contributed by atoms with Crippen molar-refractivity contribution in [2.45, 2.75) is 13.5 Å². The minimum absolute atomic E-state index is 0.101. The molecule has 25 heavy (non-hydrogen) atoms. The Morgan fingerprint density at radius 2 is 1.96 bits per heavy atom.